The summed E-state index contributed by atoms with van der Waals surface area (Å²) < 4.78 is 11.5. The lowest BCUT2D eigenvalue weighted by atomic mass is 10.0. The van der Waals surface area contributed by atoms with Gasteiger partial charge in [0.15, 0.2) is 11.5 Å². The van der Waals surface area contributed by atoms with Crippen LogP contribution in [0, 0.1) is 0 Å². The van der Waals surface area contributed by atoms with Gasteiger partial charge in [0, 0.05) is 18.6 Å². The van der Waals surface area contributed by atoms with E-state index in [9.17, 15) is 0 Å². The quantitative estimate of drug-likeness (QED) is 0.721. The number of hydrogen-bond acceptors (Lipinski definition) is 4. The molecule has 0 saturated carbocycles. The van der Waals surface area contributed by atoms with Gasteiger partial charge >= 0.3 is 0 Å². The Morgan fingerprint density at radius 1 is 1.05 bits per heavy atom. The Hall–Kier alpha value is -1.26. The molecule has 2 N–H and O–H groups in total. The summed E-state index contributed by atoms with van der Waals surface area (Å²) in [6.45, 7) is 12.3. The minimum atomic E-state index is -0.00118. The predicted molar refractivity (Wildman–Crippen MR) is 88.1 cm³/mol. The first-order valence-electron chi connectivity index (χ1n) is 7.85. The maximum absolute atomic E-state index is 5.90. The molecule has 4 nitrogen and oxygen atoms in total. The van der Waals surface area contributed by atoms with Gasteiger partial charge in [-0.05, 0) is 45.9 Å². The van der Waals surface area contributed by atoms with Gasteiger partial charge in [-0.15, -0.1) is 0 Å². The van der Waals surface area contributed by atoms with Crippen molar-refractivity contribution in [3.05, 3.63) is 24.3 Å². The summed E-state index contributed by atoms with van der Waals surface area (Å²) >= 11 is 0. The van der Waals surface area contributed by atoms with Crippen molar-refractivity contribution in [1.82, 2.24) is 4.90 Å². The van der Waals surface area contributed by atoms with Gasteiger partial charge in [-0.25, -0.2) is 0 Å². The molecule has 0 aromatic heterocycles. The van der Waals surface area contributed by atoms with Gasteiger partial charge in [0.2, 0.25) is 0 Å². The summed E-state index contributed by atoms with van der Waals surface area (Å²) in [5, 5.41) is 0. The largest absolute Gasteiger partial charge is 0.490 e. The minimum absolute atomic E-state index is 0.00118. The van der Waals surface area contributed by atoms with E-state index >= 15 is 0 Å². The highest BCUT2D eigenvalue weighted by Crippen LogP contribution is 2.26. The molecule has 0 radical (unpaired) electrons. The number of hydrogen-bond donors (Lipinski definition) is 1. The number of ether oxygens (including phenoxy) is 2. The Kier molecular flexibility index (Phi) is 7.54. The molecule has 0 heterocycles. The van der Waals surface area contributed by atoms with Crippen molar-refractivity contribution in [3.63, 3.8) is 0 Å². The monoisotopic (exact) mass is 294 g/mol. The molecular formula is C17H30N2O2. The van der Waals surface area contributed by atoms with E-state index < -0.39 is 0 Å². The molecule has 120 valence electrons. The third-order valence-electron chi connectivity index (χ3n) is 3.62. The van der Waals surface area contributed by atoms with E-state index in [1.807, 2.05) is 31.2 Å². The SMILES string of the molecule is CCCN(CCOc1ccccc1OCC)C(C)(C)CN. The highest BCUT2D eigenvalue weighted by molar-refractivity contribution is 5.39. The lowest BCUT2D eigenvalue weighted by Gasteiger charge is -2.37. The molecule has 21 heavy (non-hydrogen) atoms. The van der Waals surface area contributed by atoms with Crippen molar-refractivity contribution >= 4 is 0 Å². The zero-order valence-electron chi connectivity index (χ0n) is 13.9. The van der Waals surface area contributed by atoms with Crippen LogP contribution in [0.15, 0.2) is 24.3 Å². The van der Waals surface area contributed by atoms with Gasteiger partial charge in [-0.3, -0.25) is 4.90 Å². The van der Waals surface area contributed by atoms with Gasteiger partial charge in [-0.2, -0.15) is 0 Å². The zero-order valence-corrected chi connectivity index (χ0v) is 13.9. The first-order valence-corrected chi connectivity index (χ1v) is 7.85. The number of nitrogens with zero attached hydrogens (tertiary/aromatic N) is 1. The van der Waals surface area contributed by atoms with Crippen LogP contribution in [0.3, 0.4) is 0 Å². The van der Waals surface area contributed by atoms with Crippen molar-refractivity contribution in [2.24, 2.45) is 5.73 Å². The number of benzene rings is 1. The second kappa shape index (κ2) is 8.90. The van der Waals surface area contributed by atoms with E-state index in [0.717, 1.165) is 31.0 Å². The minimum Gasteiger partial charge on any atom is -0.490 e. The molecule has 0 atom stereocenters. The van der Waals surface area contributed by atoms with Gasteiger partial charge < -0.3 is 15.2 Å². The van der Waals surface area contributed by atoms with Gasteiger partial charge in [0.05, 0.1) is 6.61 Å². The van der Waals surface area contributed by atoms with Crippen LogP contribution in [0.1, 0.15) is 34.1 Å². The van der Waals surface area contributed by atoms with E-state index in [1.165, 1.54) is 0 Å². The molecule has 0 saturated heterocycles. The van der Waals surface area contributed by atoms with Crippen molar-refractivity contribution in [3.8, 4) is 11.5 Å². The molecule has 0 amide bonds. The molecule has 4 heteroatoms. The predicted octanol–water partition coefficient (Wildman–Crippen LogP) is 2.91. The van der Waals surface area contributed by atoms with Crippen molar-refractivity contribution in [2.45, 2.75) is 39.7 Å². The summed E-state index contributed by atoms with van der Waals surface area (Å²) in [6, 6.07) is 7.81. The Bertz CT molecular complexity index is 408. The molecule has 1 aromatic rings. The Morgan fingerprint density at radius 3 is 2.19 bits per heavy atom. The molecule has 0 spiro atoms. The molecular weight excluding hydrogens is 264 g/mol. The molecule has 0 aliphatic rings. The van der Waals surface area contributed by atoms with E-state index in [-0.39, 0.29) is 5.54 Å². The standard InChI is InChI=1S/C17H30N2O2/c1-5-11-19(17(3,4)14-18)12-13-21-16-10-8-7-9-15(16)20-6-2/h7-10H,5-6,11-14,18H2,1-4H3. The fourth-order valence-corrected chi connectivity index (χ4v) is 2.23. The highest BCUT2D eigenvalue weighted by atomic mass is 16.5. The van der Waals surface area contributed by atoms with Crippen molar-refractivity contribution in [1.29, 1.82) is 0 Å². The van der Waals surface area contributed by atoms with Crippen LogP contribution < -0.4 is 15.2 Å². The van der Waals surface area contributed by atoms with E-state index in [1.54, 1.807) is 0 Å². The van der Waals surface area contributed by atoms with Crippen molar-refractivity contribution < 1.29 is 9.47 Å². The highest BCUT2D eigenvalue weighted by Gasteiger charge is 2.24. The summed E-state index contributed by atoms with van der Waals surface area (Å²) in [5.74, 6) is 1.61. The van der Waals surface area contributed by atoms with E-state index in [0.29, 0.717) is 19.8 Å². The number of nitrogens with two attached hydrogens (primary N) is 1. The third kappa shape index (κ3) is 5.56. The van der Waals surface area contributed by atoms with E-state index in [2.05, 4.69) is 25.7 Å². The second-order valence-corrected chi connectivity index (χ2v) is 5.73. The van der Waals surface area contributed by atoms with Crippen LogP contribution in [0.5, 0.6) is 11.5 Å². The number of para-hydroxylation sites is 2. The second-order valence-electron chi connectivity index (χ2n) is 5.73. The Labute approximate surface area is 129 Å². The lowest BCUT2D eigenvalue weighted by molar-refractivity contribution is 0.103. The van der Waals surface area contributed by atoms with Crippen LogP contribution in [0.25, 0.3) is 0 Å². The summed E-state index contributed by atoms with van der Waals surface area (Å²) in [4.78, 5) is 2.39. The normalized spacial score (nSPS) is 11.7. The molecule has 0 aliphatic carbocycles. The first-order chi connectivity index (χ1) is 10.0. The maximum atomic E-state index is 5.90. The molecule has 0 unspecified atom stereocenters. The summed E-state index contributed by atoms with van der Waals surface area (Å²) in [5.41, 5.74) is 5.88. The summed E-state index contributed by atoms with van der Waals surface area (Å²) in [7, 11) is 0. The van der Waals surface area contributed by atoms with Crippen LogP contribution in [0.2, 0.25) is 0 Å². The molecule has 1 aromatic carbocycles. The van der Waals surface area contributed by atoms with Crippen LogP contribution in [-0.4, -0.2) is 43.3 Å². The average Bonchev–Trinajstić information content (AvgIpc) is 2.48. The van der Waals surface area contributed by atoms with Crippen LogP contribution >= 0.6 is 0 Å². The maximum Gasteiger partial charge on any atom is 0.161 e. The topological polar surface area (TPSA) is 47.7 Å². The smallest absolute Gasteiger partial charge is 0.161 e. The molecule has 0 aliphatic heterocycles. The fraction of sp³-hybridized carbons (Fsp3) is 0.647. The average molecular weight is 294 g/mol. The summed E-state index contributed by atoms with van der Waals surface area (Å²) in [6.07, 6.45) is 1.11. The Balaban J connectivity index is 2.58. The third-order valence-corrected chi connectivity index (χ3v) is 3.62. The molecule has 0 fully saturated rings. The van der Waals surface area contributed by atoms with Crippen LogP contribution in [-0.2, 0) is 0 Å². The van der Waals surface area contributed by atoms with Gasteiger partial charge in [0.25, 0.3) is 0 Å². The molecule has 0 bridgehead atoms. The van der Waals surface area contributed by atoms with Gasteiger partial charge in [0.1, 0.15) is 6.61 Å². The van der Waals surface area contributed by atoms with E-state index in [4.69, 9.17) is 15.2 Å². The lowest BCUT2D eigenvalue weighted by Crippen LogP contribution is -2.51. The first kappa shape index (κ1) is 17.8. The molecule has 1 rings (SSSR count). The Morgan fingerprint density at radius 2 is 1.67 bits per heavy atom. The number of rotatable bonds is 10. The van der Waals surface area contributed by atoms with Gasteiger partial charge in [-0.1, -0.05) is 19.1 Å². The zero-order chi connectivity index (χ0) is 15.7. The fourth-order valence-electron chi connectivity index (χ4n) is 2.23. The van der Waals surface area contributed by atoms with Crippen molar-refractivity contribution in [2.75, 3.05) is 32.8 Å². The van der Waals surface area contributed by atoms with Crippen LogP contribution in [0.4, 0.5) is 0 Å².